The second kappa shape index (κ2) is 11.7. The van der Waals surface area contributed by atoms with Gasteiger partial charge in [-0.05, 0) is 49.4 Å². The maximum atomic E-state index is 14.7. The summed E-state index contributed by atoms with van der Waals surface area (Å²) in [5.74, 6) is -3.79. The van der Waals surface area contributed by atoms with Crippen LogP contribution in [0.4, 0.5) is 17.6 Å². The Labute approximate surface area is 262 Å². The number of carbonyl (C=O) groups excluding carboxylic acids is 3. The van der Waals surface area contributed by atoms with Crippen molar-refractivity contribution in [3.05, 3.63) is 82.4 Å². The predicted molar refractivity (Wildman–Crippen MR) is 155 cm³/mol. The molecule has 0 unspecified atom stereocenters. The van der Waals surface area contributed by atoms with Crippen molar-refractivity contribution in [2.45, 2.75) is 24.1 Å². The zero-order chi connectivity index (χ0) is 33.6. The molecule has 0 saturated heterocycles. The molecule has 1 aliphatic rings. The molecule has 0 aliphatic carbocycles. The molecule has 11 nitrogen and oxygen atoms in total. The van der Waals surface area contributed by atoms with Gasteiger partial charge in [0.2, 0.25) is 11.5 Å². The van der Waals surface area contributed by atoms with Gasteiger partial charge in [-0.1, -0.05) is 17.7 Å². The van der Waals surface area contributed by atoms with E-state index < -0.39 is 59.6 Å². The Morgan fingerprint density at radius 2 is 1.89 bits per heavy atom. The molecule has 2 atom stereocenters. The van der Waals surface area contributed by atoms with Gasteiger partial charge in [0, 0.05) is 28.3 Å². The Kier molecular flexibility index (Phi) is 8.25. The second-order valence-electron chi connectivity index (χ2n) is 10.7. The van der Waals surface area contributed by atoms with Crippen molar-refractivity contribution in [1.82, 2.24) is 15.3 Å². The molecule has 0 spiro atoms. The maximum Gasteiger partial charge on any atom is 0.424 e. The number of halogens is 5. The summed E-state index contributed by atoms with van der Waals surface area (Å²) in [6, 6.07) is 9.62. The lowest BCUT2D eigenvalue weighted by molar-refractivity contribution is -0.265. The lowest BCUT2D eigenvalue weighted by atomic mass is 9.81. The molecule has 0 radical (unpaired) electrons. The second-order valence-corrected chi connectivity index (χ2v) is 11.1. The Morgan fingerprint density at radius 1 is 1.15 bits per heavy atom. The summed E-state index contributed by atoms with van der Waals surface area (Å²) in [5, 5.41) is 13.3. The van der Waals surface area contributed by atoms with E-state index >= 15 is 0 Å². The van der Waals surface area contributed by atoms with Gasteiger partial charge in [0.05, 0.1) is 17.3 Å². The third kappa shape index (κ3) is 5.74. The fourth-order valence-electron chi connectivity index (χ4n) is 4.83. The van der Waals surface area contributed by atoms with Crippen LogP contribution in [-0.4, -0.2) is 58.7 Å². The van der Waals surface area contributed by atoms with Crippen LogP contribution >= 0.6 is 11.6 Å². The summed E-state index contributed by atoms with van der Waals surface area (Å²) in [7, 11) is 0. The SMILES string of the molecule is C[C@]1(C(N)=O)COc2c1cc([C@@](O)(CNC(=O)c1cc(OCC(N)=O)c3ncccc3c1)C(F)(F)F)nc2-c1ccc(F)c(Cl)c1. The Balaban J connectivity index is 1.58. The van der Waals surface area contributed by atoms with Crippen LogP contribution in [0.15, 0.2) is 54.7 Å². The van der Waals surface area contributed by atoms with Crippen molar-refractivity contribution in [2.75, 3.05) is 19.8 Å². The standard InChI is InChI=1S/C30H24ClF4N5O6/c1-28(27(37)43)13-46-25-17(28)10-21(40-24(25)15-4-5-19(32)18(31)8-15)29(44,30(33,34)35)12-39-26(42)16-7-14-3-2-6-38-23(14)20(9-16)45-11-22(36)41/h2-10,44H,11-13H2,1H3,(H2,36,41)(H2,37,43)(H,39,42)/t28-,29-/m0/s1. The molecular weight excluding hydrogens is 638 g/mol. The molecule has 2 aromatic carbocycles. The average molecular weight is 662 g/mol. The summed E-state index contributed by atoms with van der Waals surface area (Å²) in [4.78, 5) is 45.1. The first-order chi connectivity index (χ1) is 21.5. The van der Waals surface area contributed by atoms with Crippen molar-refractivity contribution in [2.24, 2.45) is 11.5 Å². The molecule has 6 N–H and O–H groups in total. The van der Waals surface area contributed by atoms with Gasteiger partial charge in [0.15, 0.2) is 6.61 Å². The van der Waals surface area contributed by atoms with Gasteiger partial charge >= 0.3 is 6.18 Å². The molecule has 1 aliphatic heterocycles. The van der Waals surface area contributed by atoms with Crippen LogP contribution in [0.3, 0.4) is 0 Å². The normalized spacial score (nSPS) is 17.1. The molecule has 0 saturated carbocycles. The van der Waals surface area contributed by atoms with Crippen molar-refractivity contribution in [3.63, 3.8) is 0 Å². The zero-order valence-electron chi connectivity index (χ0n) is 23.7. The van der Waals surface area contributed by atoms with Crippen LogP contribution in [0, 0.1) is 5.82 Å². The fourth-order valence-corrected chi connectivity index (χ4v) is 5.01. The molecule has 4 aromatic rings. The van der Waals surface area contributed by atoms with Crippen molar-refractivity contribution >= 4 is 40.2 Å². The third-order valence-corrected chi connectivity index (χ3v) is 7.80. The highest BCUT2D eigenvalue weighted by atomic mass is 35.5. The van der Waals surface area contributed by atoms with Crippen molar-refractivity contribution in [3.8, 4) is 22.8 Å². The number of alkyl halides is 3. The van der Waals surface area contributed by atoms with E-state index in [9.17, 15) is 37.1 Å². The molecule has 0 fully saturated rings. The highest BCUT2D eigenvalue weighted by Crippen LogP contribution is 2.48. The van der Waals surface area contributed by atoms with E-state index in [0.717, 1.165) is 24.3 Å². The molecule has 240 valence electrons. The lowest BCUT2D eigenvalue weighted by Gasteiger charge is -2.31. The molecule has 2 aromatic heterocycles. The minimum Gasteiger partial charge on any atom is -0.489 e. The number of aromatic nitrogens is 2. The largest absolute Gasteiger partial charge is 0.489 e. The Morgan fingerprint density at radius 3 is 2.54 bits per heavy atom. The number of fused-ring (bicyclic) bond motifs is 2. The van der Waals surface area contributed by atoms with Crippen molar-refractivity contribution < 1.29 is 46.5 Å². The summed E-state index contributed by atoms with van der Waals surface area (Å²) < 4.78 is 69.2. The number of pyridine rings is 2. The van der Waals surface area contributed by atoms with Crippen LogP contribution in [0.1, 0.15) is 28.5 Å². The van der Waals surface area contributed by atoms with Gasteiger partial charge in [0.25, 0.3) is 11.8 Å². The van der Waals surface area contributed by atoms with E-state index in [1.54, 1.807) is 12.1 Å². The number of primary amides is 2. The van der Waals surface area contributed by atoms with E-state index in [1.165, 1.54) is 25.3 Å². The van der Waals surface area contributed by atoms with Gasteiger partial charge in [0.1, 0.15) is 40.5 Å². The zero-order valence-corrected chi connectivity index (χ0v) is 24.5. The molecule has 3 amide bonds. The Hall–Kier alpha value is -5.02. The van der Waals surface area contributed by atoms with Crippen LogP contribution in [0.25, 0.3) is 22.2 Å². The summed E-state index contributed by atoms with van der Waals surface area (Å²) in [5.41, 5.74) is 3.92. The van der Waals surface area contributed by atoms with Gasteiger partial charge in [-0.2, -0.15) is 13.2 Å². The number of hydrogen-bond acceptors (Lipinski definition) is 8. The number of hydrogen-bond donors (Lipinski definition) is 4. The number of nitrogens with one attached hydrogen (secondary N) is 1. The molecule has 16 heteroatoms. The van der Waals surface area contributed by atoms with E-state index in [4.69, 9.17) is 32.5 Å². The minimum atomic E-state index is -5.44. The first-order valence-corrected chi connectivity index (χ1v) is 13.7. The molecule has 3 heterocycles. The maximum absolute atomic E-state index is 14.7. The third-order valence-electron chi connectivity index (χ3n) is 7.51. The highest BCUT2D eigenvalue weighted by molar-refractivity contribution is 6.31. The van der Waals surface area contributed by atoms with Gasteiger partial charge in [-0.3, -0.25) is 19.4 Å². The van der Waals surface area contributed by atoms with Gasteiger partial charge < -0.3 is 31.4 Å². The minimum absolute atomic E-state index is 0.0139. The van der Waals surface area contributed by atoms with Crippen LogP contribution in [0.2, 0.25) is 5.02 Å². The predicted octanol–water partition coefficient (Wildman–Crippen LogP) is 3.27. The van der Waals surface area contributed by atoms with Gasteiger partial charge in [-0.25, -0.2) is 9.37 Å². The van der Waals surface area contributed by atoms with Crippen molar-refractivity contribution in [1.29, 1.82) is 0 Å². The number of ether oxygens (including phenoxy) is 2. The topological polar surface area (TPSA) is 180 Å². The lowest BCUT2D eigenvalue weighted by Crippen LogP contribution is -2.51. The summed E-state index contributed by atoms with van der Waals surface area (Å²) in [6.45, 7) is -1.03. The number of nitrogens with zero attached hydrogens (tertiary/aromatic N) is 2. The Bertz CT molecular complexity index is 1910. The van der Waals surface area contributed by atoms with Crippen LogP contribution < -0.4 is 26.3 Å². The number of aliphatic hydroxyl groups is 1. The fraction of sp³-hybridized carbons (Fsp3) is 0.233. The van der Waals surface area contributed by atoms with Crippen LogP contribution in [0.5, 0.6) is 11.5 Å². The van der Waals surface area contributed by atoms with E-state index in [2.05, 4.69) is 15.3 Å². The first-order valence-electron chi connectivity index (χ1n) is 13.4. The number of nitrogens with two attached hydrogens (primary N) is 2. The summed E-state index contributed by atoms with van der Waals surface area (Å²) in [6.07, 6.45) is -4.01. The smallest absolute Gasteiger partial charge is 0.424 e. The number of amides is 3. The monoisotopic (exact) mass is 661 g/mol. The molecule has 5 rings (SSSR count). The van der Waals surface area contributed by atoms with E-state index in [1.807, 2.05) is 0 Å². The average Bonchev–Trinajstić information content (AvgIpc) is 3.36. The number of carbonyl (C=O) groups is 3. The van der Waals surface area contributed by atoms with Crippen LogP contribution in [-0.2, 0) is 20.6 Å². The van der Waals surface area contributed by atoms with Gasteiger partial charge in [-0.15, -0.1) is 0 Å². The molecule has 0 bridgehead atoms. The quantitative estimate of drug-likeness (QED) is 0.197. The molecule has 46 heavy (non-hydrogen) atoms. The summed E-state index contributed by atoms with van der Waals surface area (Å²) >= 11 is 5.92. The number of rotatable bonds is 9. The first kappa shape index (κ1) is 32.4. The molecular formula is C30H24ClF4N5O6. The van der Waals surface area contributed by atoms with E-state index in [0.29, 0.717) is 5.39 Å². The van der Waals surface area contributed by atoms with E-state index in [-0.39, 0.29) is 51.0 Å². The highest BCUT2D eigenvalue weighted by Gasteiger charge is 2.57. The number of benzene rings is 2.